The van der Waals surface area contributed by atoms with Crippen molar-refractivity contribution in [1.29, 1.82) is 0 Å². The van der Waals surface area contributed by atoms with Crippen LogP contribution in [-0.4, -0.2) is 80.4 Å². The molecule has 3 aliphatic rings. The zero-order valence-corrected chi connectivity index (χ0v) is 24.1. The van der Waals surface area contributed by atoms with Gasteiger partial charge in [-0.2, -0.15) is 0 Å². The molecule has 2 saturated carbocycles. The molecule has 0 saturated heterocycles. The van der Waals surface area contributed by atoms with Crippen LogP contribution in [0.15, 0.2) is 64.8 Å². The number of furan rings is 1. The third kappa shape index (κ3) is 4.30. The van der Waals surface area contributed by atoms with Crippen molar-refractivity contribution in [1.82, 2.24) is 4.90 Å². The van der Waals surface area contributed by atoms with Gasteiger partial charge in [-0.05, 0) is 73.3 Å². The maximum atomic E-state index is 14.0. The summed E-state index contributed by atoms with van der Waals surface area (Å²) >= 11 is 0. The summed E-state index contributed by atoms with van der Waals surface area (Å²) in [5.74, 6) is -7.75. The number of fused-ring (bicyclic) bond motifs is 3. The Kier molecular flexibility index (Phi) is 7.07. The summed E-state index contributed by atoms with van der Waals surface area (Å²) in [4.78, 5) is 53.7. The van der Waals surface area contributed by atoms with Gasteiger partial charge in [-0.1, -0.05) is 30.3 Å². The van der Waals surface area contributed by atoms with Gasteiger partial charge in [0.05, 0.1) is 17.9 Å². The molecule has 2 aromatic carbocycles. The Morgan fingerprint density at radius 3 is 2.39 bits per heavy atom. The van der Waals surface area contributed by atoms with E-state index < -0.39 is 58.7 Å². The molecule has 3 aromatic rings. The first-order valence-electron chi connectivity index (χ1n) is 14.3. The fourth-order valence-corrected chi connectivity index (χ4v) is 7.39. The lowest BCUT2D eigenvalue weighted by atomic mass is 9.54. The van der Waals surface area contributed by atoms with Gasteiger partial charge < -0.3 is 35.5 Å². The minimum Gasteiger partial charge on any atom is -0.507 e. The van der Waals surface area contributed by atoms with Crippen molar-refractivity contribution in [2.45, 2.75) is 37.0 Å². The standard InChI is InChI=1S/C33H32N2O9/c1-35(2)27-20-14-17-13-19-18(16-7-5-15(6-8-16)12-22(37)23-4-3-11-44-23)9-10-21(36)25(19)28(38)24(17)30(40)33(20,43)31(41)26(29(27)39)32(34)42/h3-11,17,20,26-27,29,36,38-39,43H,12-14H2,1-2H3,(H2,34,42)/t17-,20-,26?,27-,29?,33-/m1/s1. The fraction of sp³-hybridized carbons (Fsp3) is 0.333. The second kappa shape index (κ2) is 10.5. The zero-order valence-electron chi connectivity index (χ0n) is 24.1. The van der Waals surface area contributed by atoms with Crippen LogP contribution in [0.2, 0.25) is 0 Å². The maximum absolute atomic E-state index is 14.0. The Hall–Kier alpha value is -4.58. The molecule has 0 radical (unpaired) electrons. The molecule has 44 heavy (non-hydrogen) atoms. The van der Waals surface area contributed by atoms with Crippen LogP contribution >= 0.6 is 0 Å². The Bertz CT molecular complexity index is 1720. The fourth-order valence-electron chi connectivity index (χ4n) is 7.39. The number of Topliss-reactive ketones (excluding diaryl/α,β-unsaturated/α-hetero) is 3. The van der Waals surface area contributed by atoms with Gasteiger partial charge in [-0.25, -0.2) is 0 Å². The van der Waals surface area contributed by atoms with E-state index in [1.54, 1.807) is 49.3 Å². The molecule has 0 spiro atoms. The SMILES string of the molecule is CN(C)[C@H]1C(O)C(C(N)=O)C(=O)[C@]2(O)C(=O)C3=C(O)c4c(O)ccc(-c5ccc(CC(=O)c6ccco6)cc5)c4C[C@@H]3C[C@H]12. The van der Waals surface area contributed by atoms with Gasteiger partial charge in [0.1, 0.15) is 17.4 Å². The normalized spacial score (nSPS) is 28.0. The average molecular weight is 601 g/mol. The van der Waals surface area contributed by atoms with Gasteiger partial charge in [0.25, 0.3) is 0 Å². The van der Waals surface area contributed by atoms with Gasteiger partial charge in [0.15, 0.2) is 17.1 Å². The molecular formula is C33H32N2O9. The molecule has 6 rings (SSSR count). The molecule has 0 bridgehead atoms. The number of carbonyl (C=O) groups is 4. The van der Waals surface area contributed by atoms with Crippen molar-refractivity contribution in [2.24, 2.45) is 23.5 Å². The number of aliphatic hydroxyl groups excluding tert-OH is 2. The molecule has 6 N–H and O–H groups in total. The van der Waals surface area contributed by atoms with Crippen LogP contribution in [0.5, 0.6) is 5.75 Å². The second-order valence-corrected chi connectivity index (χ2v) is 12.1. The van der Waals surface area contributed by atoms with E-state index in [1.807, 2.05) is 12.1 Å². The predicted octanol–water partition coefficient (Wildman–Crippen LogP) is 1.81. The number of rotatable bonds is 6. The lowest BCUT2D eigenvalue weighted by Gasteiger charge is -2.53. The summed E-state index contributed by atoms with van der Waals surface area (Å²) in [7, 11) is 3.21. The van der Waals surface area contributed by atoms with Crippen LogP contribution in [0.1, 0.15) is 33.7 Å². The number of benzene rings is 2. The van der Waals surface area contributed by atoms with E-state index in [4.69, 9.17) is 10.2 Å². The summed E-state index contributed by atoms with van der Waals surface area (Å²) in [5.41, 5.74) is 5.27. The van der Waals surface area contributed by atoms with Crippen molar-refractivity contribution >= 4 is 29.0 Å². The number of hydrogen-bond donors (Lipinski definition) is 5. The first-order valence-corrected chi connectivity index (χ1v) is 14.3. The number of nitrogens with zero attached hydrogens (tertiary/aromatic N) is 1. The smallest absolute Gasteiger partial charge is 0.230 e. The van der Waals surface area contributed by atoms with Crippen LogP contribution in [0.25, 0.3) is 16.9 Å². The number of aromatic hydroxyl groups is 1. The highest BCUT2D eigenvalue weighted by atomic mass is 16.3. The molecule has 1 amide bonds. The number of hydrogen-bond acceptors (Lipinski definition) is 10. The Morgan fingerprint density at radius 1 is 1.07 bits per heavy atom. The van der Waals surface area contributed by atoms with Gasteiger partial charge in [0.2, 0.25) is 17.5 Å². The number of amides is 1. The molecule has 1 heterocycles. The number of ketones is 3. The van der Waals surface area contributed by atoms with Gasteiger partial charge in [-0.15, -0.1) is 0 Å². The Morgan fingerprint density at radius 2 is 1.77 bits per heavy atom. The molecule has 6 atom stereocenters. The minimum atomic E-state index is -2.71. The average Bonchev–Trinajstić information content (AvgIpc) is 3.51. The molecule has 0 aliphatic heterocycles. The van der Waals surface area contributed by atoms with Crippen LogP contribution in [0.3, 0.4) is 0 Å². The van der Waals surface area contributed by atoms with Crippen molar-refractivity contribution in [3.8, 4) is 16.9 Å². The lowest BCUT2D eigenvalue weighted by molar-refractivity contribution is -0.184. The third-order valence-corrected chi connectivity index (χ3v) is 9.40. The van der Waals surface area contributed by atoms with Gasteiger partial charge in [-0.3, -0.25) is 19.2 Å². The van der Waals surface area contributed by atoms with Crippen molar-refractivity contribution in [2.75, 3.05) is 14.1 Å². The molecule has 11 nitrogen and oxygen atoms in total. The van der Waals surface area contributed by atoms with Gasteiger partial charge >= 0.3 is 0 Å². The molecular weight excluding hydrogens is 568 g/mol. The predicted molar refractivity (Wildman–Crippen MR) is 156 cm³/mol. The quantitative estimate of drug-likeness (QED) is 0.206. The first kappa shape index (κ1) is 29.5. The summed E-state index contributed by atoms with van der Waals surface area (Å²) < 4.78 is 5.18. The van der Waals surface area contributed by atoms with E-state index in [0.717, 1.165) is 11.1 Å². The zero-order chi connectivity index (χ0) is 31.7. The van der Waals surface area contributed by atoms with Crippen molar-refractivity contribution < 1.29 is 44.0 Å². The number of carbonyl (C=O) groups excluding carboxylic acids is 4. The van der Waals surface area contributed by atoms with E-state index >= 15 is 0 Å². The second-order valence-electron chi connectivity index (χ2n) is 12.1. The summed E-state index contributed by atoms with van der Waals surface area (Å²) in [5, 5.41) is 45.1. The molecule has 2 fully saturated rings. The molecule has 228 valence electrons. The van der Waals surface area contributed by atoms with Gasteiger partial charge in [0, 0.05) is 24.0 Å². The van der Waals surface area contributed by atoms with E-state index in [-0.39, 0.29) is 47.7 Å². The van der Waals surface area contributed by atoms with E-state index in [2.05, 4.69) is 0 Å². The topological polar surface area (TPSA) is 192 Å². The number of likely N-dealkylation sites (N-methyl/N-ethyl adjacent to an activating group) is 1. The molecule has 3 aliphatic carbocycles. The Labute approximate surface area is 252 Å². The number of phenolic OH excluding ortho intramolecular Hbond substituents is 1. The van der Waals surface area contributed by atoms with Crippen LogP contribution in [-0.2, 0) is 27.2 Å². The number of phenols is 1. The summed E-state index contributed by atoms with van der Waals surface area (Å²) in [6.45, 7) is 0. The van der Waals surface area contributed by atoms with Crippen LogP contribution < -0.4 is 5.73 Å². The van der Waals surface area contributed by atoms with E-state index in [0.29, 0.717) is 11.1 Å². The summed E-state index contributed by atoms with van der Waals surface area (Å²) in [6.07, 6.45) is 0.227. The highest BCUT2D eigenvalue weighted by molar-refractivity contribution is 6.25. The highest BCUT2D eigenvalue weighted by Gasteiger charge is 2.67. The van der Waals surface area contributed by atoms with Crippen LogP contribution in [0.4, 0.5) is 0 Å². The molecule has 2 unspecified atom stereocenters. The monoisotopic (exact) mass is 600 g/mol. The third-order valence-electron chi connectivity index (χ3n) is 9.40. The molecule has 11 heteroatoms. The molecule has 1 aromatic heterocycles. The highest BCUT2D eigenvalue weighted by Crippen LogP contribution is 2.53. The number of aliphatic hydroxyl groups is 3. The van der Waals surface area contributed by atoms with E-state index in [1.165, 1.54) is 12.3 Å². The Balaban J connectivity index is 1.41. The number of primary amides is 1. The van der Waals surface area contributed by atoms with Crippen molar-refractivity contribution in [3.05, 3.63) is 82.8 Å². The summed E-state index contributed by atoms with van der Waals surface area (Å²) in [6, 6.07) is 12.6. The minimum absolute atomic E-state index is 0.0140. The first-order chi connectivity index (χ1) is 20.9. The van der Waals surface area contributed by atoms with E-state index in [9.17, 15) is 39.6 Å². The number of nitrogens with two attached hydrogens (primary N) is 1. The maximum Gasteiger partial charge on any atom is 0.230 e. The van der Waals surface area contributed by atoms with Crippen LogP contribution in [0, 0.1) is 17.8 Å². The largest absolute Gasteiger partial charge is 0.507 e. The lowest BCUT2D eigenvalue weighted by Crippen LogP contribution is -2.73. The van der Waals surface area contributed by atoms with Crippen molar-refractivity contribution in [3.63, 3.8) is 0 Å².